The van der Waals surface area contributed by atoms with Crippen LogP contribution >= 0.6 is 0 Å². The first kappa shape index (κ1) is 15.6. The van der Waals surface area contributed by atoms with Gasteiger partial charge in [0, 0.05) is 24.4 Å². The summed E-state index contributed by atoms with van der Waals surface area (Å²) >= 11 is 0. The van der Waals surface area contributed by atoms with Gasteiger partial charge in [0.2, 0.25) is 0 Å². The van der Waals surface area contributed by atoms with Crippen LogP contribution < -0.4 is 5.32 Å². The van der Waals surface area contributed by atoms with Gasteiger partial charge < -0.3 is 5.32 Å². The lowest BCUT2D eigenvalue weighted by atomic mass is 9.97. The normalized spacial score (nSPS) is 12.4. The van der Waals surface area contributed by atoms with Crippen LogP contribution in [0.2, 0.25) is 0 Å². The molecule has 0 saturated heterocycles. The van der Waals surface area contributed by atoms with E-state index in [1.54, 1.807) is 6.07 Å². The zero-order valence-electron chi connectivity index (χ0n) is 13.0. The molecule has 0 aliphatic carbocycles. The molecule has 0 aliphatic rings. The van der Waals surface area contributed by atoms with E-state index in [4.69, 9.17) is 0 Å². The molecule has 112 valence electrons. The molecule has 0 saturated carbocycles. The van der Waals surface area contributed by atoms with Gasteiger partial charge in [0.25, 0.3) is 0 Å². The van der Waals surface area contributed by atoms with Crippen molar-refractivity contribution in [2.45, 2.75) is 39.7 Å². The smallest absolute Gasteiger partial charge is 0.123 e. The van der Waals surface area contributed by atoms with Crippen LogP contribution in [0.25, 0.3) is 0 Å². The maximum absolute atomic E-state index is 13.3. The standard InChI is InChI=1S/C18H23FN2/c1-4-14-6-8-16(21-12-14)11-18(20-5-2)17-9-7-15(19)10-13(17)3/h6-10,12,18,20H,4-5,11H2,1-3H3. The Morgan fingerprint density at radius 1 is 1.19 bits per heavy atom. The molecule has 0 bridgehead atoms. The fourth-order valence-electron chi connectivity index (χ4n) is 2.56. The molecule has 2 aromatic rings. The van der Waals surface area contributed by atoms with Gasteiger partial charge >= 0.3 is 0 Å². The van der Waals surface area contributed by atoms with Crippen molar-refractivity contribution in [3.8, 4) is 0 Å². The number of aryl methyl sites for hydroxylation is 2. The SMILES string of the molecule is CCNC(Cc1ccc(CC)cn1)c1ccc(F)cc1C. The zero-order valence-corrected chi connectivity index (χ0v) is 13.0. The summed E-state index contributed by atoms with van der Waals surface area (Å²) in [5, 5.41) is 3.47. The number of nitrogens with zero attached hydrogens (tertiary/aromatic N) is 1. The number of nitrogens with one attached hydrogen (secondary N) is 1. The molecule has 0 radical (unpaired) electrons. The Morgan fingerprint density at radius 3 is 2.57 bits per heavy atom. The molecule has 1 heterocycles. The Bertz CT molecular complexity index is 578. The van der Waals surface area contributed by atoms with Crippen LogP contribution in [-0.4, -0.2) is 11.5 Å². The first-order chi connectivity index (χ1) is 10.1. The van der Waals surface area contributed by atoms with E-state index in [1.807, 2.05) is 19.2 Å². The van der Waals surface area contributed by atoms with Crippen LogP contribution in [0.4, 0.5) is 4.39 Å². The van der Waals surface area contributed by atoms with Gasteiger partial charge in [0.05, 0.1) is 0 Å². The molecule has 1 unspecified atom stereocenters. The van der Waals surface area contributed by atoms with Crippen molar-refractivity contribution >= 4 is 0 Å². The number of rotatable bonds is 6. The molecule has 0 fully saturated rings. The zero-order chi connectivity index (χ0) is 15.2. The van der Waals surface area contributed by atoms with Crippen LogP contribution in [0.15, 0.2) is 36.5 Å². The number of hydrogen-bond acceptors (Lipinski definition) is 2. The quantitative estimate of drug-likeness (QED) is 0.868. The lowest BCUT2D eigenvalue weighted by molar-refractivity contribution is 0.539. The number of benzene rings is 1. The Balaban J connectivity index is 2.21. The second-order valence-corrected chi connectivity index (χ2v) is 5.33. The van der Waals surface area contributed by atoms with Crippen molar-refractivity contribution in [2.75, 3.05) is 6.54 Å². The van der Waals surface area contributed by atoms with E-state index in [0.717, 1.165) is 36.2 Å². The summed E-state index contributed by atoms with van der Waals surface area (Å²) in [6.07, 6.45) is 3.75. The molecule has 3 heteroatoms. The number of hydrogen-bond donors (Lipinski definition) is 1. The molecule has 21 heavy (non-hydrogen) atoms. The van der Waals surface area contributed by atoms with E-state index in [-0.39, 0.29) is 11.9 Å². The third kappa shape index (κ3) is 4.11. The van der Waals surface area contributed by atoms with Crippen LogP contribution in [0.1, 0.15) is 42.3 Å². The van der Waals surface area contributed by atoms with E-state index in [1.165, 1.54) is 11.6 Å². The summed E-state index contributed by atoms with van der Waals surface area (Å²) in [6, 6.07) is 9.37. The molecule has 2 rings (SSSR count). The van der Waals surface area contributed by atoms with Gasteiger partial charge in [-0.3, -0.25) is 4.98 Å². The minimum absolute atomic E-state index is 0.163. The first-order valence-electron chi connectivity index (χ1n) is 7.57. The lowest BCUT2D eigenvalue weighted by Gasteiger charge is -2.20. The summed E-state index contributed by atoms with van der Waals surface area (Å²) in [4.78, 5) is 4.53. The largest absolute Gasteiger partial charge is 0.310 e. The van der Waals surface area contributed by atoms with Gasteiger partial charge in [-0.15, -0.1) is 0 Å². The van der Waals surface area contributed by atoms with Crippen molar-refractivity contribution in [3.05, 3.63) is 64.7 Å². The highest BCUT2D eigenvalue weighted by Gasteiger charge is 2.14. The summed E-state index contributed by atoms with van der Waals surface area (Å²) in [5.41, 5.74) is 4.42. The summed E-state index contributed by atoms with van der Waals surface area (Å²) in [7, 11) is 0. The predicted octanol–water partition coefficient (Wildman–Crippen LogP) is 3.98. The van der Waals surface area contributed by atoms with Crippen LogP contribution in [0.5, 0.6) is 0 Å². The van der Waals surface area contributed by atoms with Crippen molar-refractivity contribution in [1.29, 1.82) is 0 Å². The fraction of sp³-hybridized carbons (Fsp3) is 0.389. The highest BCUT2D eigenvalue weighted by molar-refractivity contribution is 5.30. The Hall–Kier alpha value is -1.74. The summed E-state index contributed by atoms with van der Waals surface area (Å²) < 4.78 is 13.3. The Kier molecular flexibility index (Phi) is 5.45. The summed E-state index contributed by atoms with van der Waals surface area (Å²) in [5.74, 6) is -0.183. The first-order valence-corrected chi connectivity index (χ1v) is 7.57. The Morgan fingerprint density at radius 2 is 2.00 bits per heavy atom. The molecule has 0 amide bonds. The number of aromatic nitrogens is 1. The van der Waals surface area contributed by atoms with Gasteiger partial charge in [-0.05, 0) is 54.8 Å². The molecule has 1 aromatic carbocycles. The highest BCUT2D eigenvalue weighted by atomic mass is 19.1. The average Bonchev–Trinajstić information content (AvgIpc) is 2.48. The molecule has 0 aliphatic heterocycles. The number of halogens is 1. The van der Waals surface area contributed by atoms with Gasteiger partial charge in [-0.2, -0.15) is 0 Å². The van der Waals surface area contributed by atoms with Crippen molar-refractivity contribution in [3.63, 3.8) is 0 Å². The molecular formula is C18H23FN2. The van der Waals surface area contributed by atoms with Crippen LogP contribution in [0, 0.1) is 12.7 Å². The molecule has 1 N–H and O–H groups in total. The van der Waals surface area contributed by atoms with E-state index >= 15 is 0 Å². The summed E-state index contributed by atoms with van der Waals surface area (Å²) in [6.45, 7) is 7.03. The minimum atomic E-state index is -0.183. The van der Waals surface area contributed by atoms with Gasteiger partial charge in [-0.1, -0.05) is 26.0 Å². The van der Waals surface area contributed by atoms with E-state index < -0.39 is 0 Å². The molecule has 2 nitrogen and oxygen atoms in total. The number of likely N-dealkylation sites (N-methyl/N-ethyl adjacent to an activating group) is 1. The maximum atomic E-state index is 13.3. The monoisotopic (exact) mass is 286 g/mol. The highest BCUT2D eigenvalue weighted by Crippen LogP contribution is 2.22. The lowest BCUT2D eigenvalue weighted by Crippen LogP contribution is -2.24. The van der Waals surface area contributed by atoms with Gasteiger partial charge in [-0.25, -0.2) is 4.39 Å². The van der Waals surface area contributed by atoms with Crippen LogP contribution in [-0.2, 0) is 12.8 Å². The third-order valence-corrected chi connectivity index (χ3v) is 3.77. The molecule has 0 spiro atoms. The van der Waals surface area contributed by atoms with Gasteiger partial charge in [0.1, 0.15) is 5.82 Å². The fourth-order valence-corrected chi connectivity index (χ4v) is 2.56. The maximum Gasteiger partial charge on any atom is 0.123 e. The topological polar surface area (TPSA) is 24.9 Å². The number of pyridine rings is 1. The second kappa shape index (κ2) is 7.32. The van der Waals surface area contributed by atoms with Crippen molar-refractivity contribution < 1.29 is 4.39 Å². The average molecular weight is 286 g/mol. The van der Waals surface area contributed by atoms with E-state index in [9.17, 15) is 4.39 Å². The molecular weight excluding hydrogens is 263 g/mol. The van der Waals surface area contributed by atoms with Crippen LogP contribution in [0.3, 0.4) is 0 Å². The molecule has 1 aromatic heterocycles. The predicted molar refractivity (Wildman–Crippen MR) is 84.9 cm³/mol. The van der Waals surface area contributed by atoms with E-state index in [0.29, 0.717) is 0 Å². The Labute approximate surface area is 126 Å². The van der Waals surface area contributed by atoms with Crippen molar-refractivity contribution in [1.82, 2.24) is 10.3 Å². The van der Waals surface area contributed by atoms with Gasteiger partial charge in [0.15, 0.2) is 0 Å². The minimum Gasteiger partial charge on any atom is -0.310 e. The second-order valence-electron chi connectivity index (χ2n) is 5.33. The molecule has 1 atom stereocenters. The van der Waals surface area contributed by atoms with Crippen molar-refractivity contribution in [2.24, 2.45) is 0 Å². The third-order valence-electron chi connectivity index (χ3n) is 3.77. The van der Waals surface area contributed by atoms with E-state index in [2.05, 4.69) is 36.3 Å².